The normalized spacial score (nSPS) is 17.9. The second-order valence-electron chi connectivity index (χ2n) is 5.05. The smallest absolute Gasteiger partial charge is 0.244 e. The Labute approximate surface area is 127 Å². The molecule has 1 amide bonds. The Kier molecular flexibility index (Phi) is 4.22. The molecule has 110 valence electrons. The number of carbonyl (C=O) groups excluding carboxylic acids is 1. The summed E-state index contributed by atoms with van der Waals surface area (Å²) in [7, 11) is 0. The van der Waals surface area contributed by atoms with E-state index in [1.165, 1.54) is 4.88 Å². The summed E-state index contributed by atoms with van der Waals surface area (Å²) < 4.78 is 10.4. The predicted molar refractivity (Wildman–Crippen MR) is 81.9 cm³/mol. The van der Waals surface area contributed by atoms with E-state index in [9.17, 15) is 4.79 Å². The molecule has 2 aromatic rings. The van der Waals surface area contributed by atoms with Gasteiger partial charge in [-0.3, -0.25) is 4.79 Å². The molecule has 1 aliphatic heterocycles. The summed E-state index contributed by atoms with van der Waals surface area (Å²) >= 11 is 1.68. The molecule has 5 heteroatoms. The Bertz CT molecular complexity index is 596. The molecule has 1 saturated heterocycles. The summed E-state index contributed by atoms with van der Waals surface area (Å²) in [6.45, 7) is 1.34. The van der Waals surface area contributed by atoms with Crippen LogP contribution in [-0.2, 0) is 15.1 Å². The molecule has 21 heavy (non-hydrogen) atoms. The number of ether oxygens (including phenoxy) is 1. The van der Waals surface area contributed by atoms with Gasteiger partial charge in [-0.25, -0.2) is 0 Å². The fourth-order valence-electron chi connectivity index (χ4n) is 2.52. The molecule has 0 aromatic carbocycles. The molecule has 1 fully saturated rings. The SMILES string of the molecule is O=C(C=Cc1ccoc1)NC1(c2cccs2)CCOCC1. The van der Waals surface area contributed by atoms with Crippen LogP contribution in [0.3, 0.4) is 0 Å². The van der Waals surface area contributed by atoms with Crippen molar-refractivity contribution >= 4 is 23.3 Å². The van der Waals surface area contributed by atoms with Crippen molar-refractivity contribution in [1.82, 2.24) is 5.32 Å². The van der Waals surface area contributed by atoms with Gasteiger partial charge < -0.3 is 14.5 Å². The van der Waals surface area contributed by atoms with Crippen molar-refractivity contribution in [3.8, 4) is 0 Å². The number of carbonyl (C=O) groups is 1. The second-order valence-corrected chi connectivity index (χ2v) is 6.00. The quantitative estimate of drug-likeness (QED) is 0.883. The van der Waals surface area contributed by atoms with Crippen LogP contribution >= 0.6 is 11.3 Å². The molecule has 3 heterocycles. The van der Waals surface area contributed by atoms with Crippen LogP contribution in [-0.4, -0.2) is 19.1 Å². The first-order chi connectivity index (χ1) is 10.3. The summed E-state index contributed by atoms with van der Waals surface area (Å²) in [6.07, 6.45) is 8.10. The number of hydrogen-bond acceptors (Lipinski definition) is 4. The largest absolute Gasteiger partial charge is 0.472 e. The van der Waals surface area contributed by atoms with Crippen molar-refractivity contribution in [3.05, 3.63) is 52.6 Å². The summed E-state index contributed by atoms with van der Waals surface area (Å²) in [5.41, 5.74) is 0.576. The van der Waals surface area contributed by atoms with Crippen molar-refractivity contribution in [2.75, 3.05) is 13.2 Å². The third-order valence-corrected chi connectivity index (χ3v) is 4.75. The van der Waals surface area contributed by atoms with E-state index in [2.05, 4.69) is 11.4 Å². The first kappa shape index (κ1) is 14.1. The standard InChI is InChI=1S/C16H17NO3S/c18-15(4-3-13-5-8-20-12-13)17-16(6-9-19-10-7-16)14-2-1-11-21-14/h1-5,8,11-12H,6-7,9-10H2,(H,17,18). The molecule has 1 N–H and O–H groups in total. The van der Waals surface area contributed by atoms with Crippen molar-refractivity contribution in [2.24, 2.45) is 0 Å². The zero-order valence-corrected chi connectivity index (χ0v) is 12.4. The minimum atomic E-state index is -0.301. The zero-order chi connectivity index (χ0) is 14.5. The number of hydrogen-bond donors (Lipinski definition) is 1. The Morgan fingerprint density at radius 2 is 2.19 bits per heavy atom. The molecular weight excluding hydrogens is 286 g/mol. The fraction of sp³-hybridized carbons (Fsp3) is 0.312. The Morgan fingerprint density at radius 3 is 2.86 bits per heavy atom. The highest BCUT2D eigenvalue weighted by atomic mass is 32.1. The minimum absolute atomic E-state index is 0.0912. The van der Waals surface area contributed by atoms with Gasteiger partial charge in [0.15, 0.2) is 0 Å². The van der Waals surface area contributed by atoms with Gasteiger partial charge in [-0.1, -0.05) is 6.07 Å². The Morgan fingerprint density at radius 1 is 1.33 bits per heavy atom. The molecule has 1 aliphatic rings. The lowest BCUT2D eigenvalue weighted by Crippen LogP contribution is -2.48. The maximum atomic E-state index is 12.2. The lowest BCUT2D eigenvalue weighted by Gasteiger charge is -2.37. The monoisotopic (exact) mass is 303 g/mol. The van der Waals surface area contributed by atoms with Crippen LogP contribution in [0.15, 0.2) is 46.6 Å². The molecule has 0 bridgehead atoms. The molecule has 2 aromatic heterocycles. The molecule has 0 spiro atoms. The zero-order valence-electron chi connectivity index (χ0n) is 11.6. The van der Waals surface area contributed by atoms with Crippen LogP contribution in [0.5, 0.6) is 0 Å². The van der Waals surface area contributed by atoms with E-state index in [0.29, 0.717) is 13.2 Å². The van der Waals surface area contributed by atoms with Crippen LogP contribution in [0.2, 0.25) is 0 Å². The Balaban J connectivity index is 1.74. The number of thiophene rings is 1. The van der Waals surface area contributed by atoms with Gasteiger partial charge in [0.2, 0.25) is 5.91 Å². The van der Waals surface area contributed by atoms with Crippen LogP contribution < -0.4 is 5.32 Å². The van der Waals surface area contributed by atoms with E-state index in [-0.39, 0.29) is 11.4 Å². The highest BCUT2D eigenvalue weighted by Gasteiger charge is 2.36. The van der Waals surface area contributed by atoms with E-state index < -0.39 is 0 Å². The molecule has 0 saturated carbocycles. The maximum Gasteiger partial charge on any atom is 0.244 e. The van der Waals surface area contributed by atoms with E-state index in [4.69, 9.17) is 9.15 Å². The van der Waals surface area contributed by atoms with E-state index >= 15 is 0 Å². The summed E-state index contributed by atoms with van der Waals surface area (Å²) in [5, 5.41) is 5.21. The maximum absolute atomic E-state index is 12.2. The minimum Gasteiger partial charge on any atom is -0.472 e. The van der Waals surface area contributed by atoms with Gasteiger partial charge in [0.25, 0.3) is 0 Å². The van der Waals surface area contributed by atoms with Gasteiger partial charge in [-0.05, 0) is 36.4 Å². The average Bonchev–Trinajstić information content (AvgIpc) is 3.20. The number of amides is 1. The Hall–Kier alpha value is -1.85. The number of furan rings is 1. The van der Waals surface area contributed by atoms with E-state index in [1.54, 1.807) is 36.0 Å². The van der Waals surface area contributed by atoms with Crippen LogP contribution in [0, 0.1) is 0 Å². The topological polar surface area (TPSA) is 51.5 Å². The summed E-state index contributed by atoms with van der Waals surface area (Å²) in [6, 6.07) is 5.91. The third kappa shape index (κ3) is 3.25. The van der Waals surface area contributed by atoms with Crippen molar-refractivity contribution in [3.63, 3.8) is 0 Å². The number of nitrogens with one attached hydrogen (secondary N) is 1. The highest BCUT2D eigenvalue weighted by molar-refractivity contribution is 7.10. The van der Waals surface area contributed by atoms with Crippen molar-refractivity contribution in [2.45, 2.75) is 18.4 Å². The molecular formula is C16H17NO3S. The molecule has 0 aliphatic carbocycles. The van der Waals surface area contributed by atoms with Gasteiger partial charge in [-0.2, -0.15) is 0 Å². The lowest BCUT2D eigenvalue weighted by atomic mass is 9.88. The van der Waals surface area contributed by atoms with Gasteiger partial charge in [0.05, 0.1) is 18.1 Å². The molecule has 4 nitrogen and oxygen atoms in total. The van der Waals surface area contributed by atoms with E-state index in [0.717, 1.165) is 18.4 Å². The van der Waals surface area contributed by atoms with Crippen molar-refractivity contribution < 1.29 is 13.9 Å². The number of rotatable bonds is 4. The van der Waals surface area contributed by atoms with Crippen LogP contribution in [0.1, 0.15) is 23.3 Å². The first-order valence-corrected chi connectivity index (χ1v) is 7.81. The third-order valence-electron chi connectivity index (χ3n) is 3.67. The van der Waals surface area contributed by atoms with Gasteiger partial charge in [-0.15, -0.1) is 11.3 Å². The summed E-state index contributed by atoms with van der Waals surface area (Å²) in [4.78, 5) is 13.4. The van der Waals surface area contributed by atoms with Crippen molar-refractivity contribution in [1.29, 1.82) is 0 Å². The lowest BCUT2D eigenvalue weighted by molar-refractivity contribution is -0.119. The molecule has 0 radical (unpaired) electrons. The fourth-order valence-corrected chi connectivity index (χ4v) is 3.46. The summed E-state index contributed by atoms with van der Waals surface area (Å²) in [5.74, 6) is -0.0912. The van der Waals surface area contributed by atoms with Gasteiger partial charge in [0.1, 0.15) is 0 Å². The molecule has 3 rings (SSSR count). The average molecular weight is 303 g/mol. The molecule has 0 unspecified atom stereocenters. The first-order valence-electron chi connectivity index (χ1n) is 6.93. The van der Waals surface area contributed by atoms with Crippen LogP contribution in [0.4, 0.5) is 0 Å². The predicted octanol–water partition coefficient (Wildman–Crippen LogP) is 3.18. The molecule has 0 atom stereocenters. The van der Waals surface area contributed by atoms with Gasteiger partial charge in [0, 0.05) is 29.7 Å². The van der Waals surface area contributed by atoms with Gasteiger partial charge >= 0.3 is 0 Å². The second kappa shape index (κ2) is 6.28. The van der Waals surface area contributed by atoms with E-state index in [1.807, 2.05) is 17.5 Å². The highest BCUT2D eigenvalue weighted by Crippen LogP contribution is 2.35. The van der Waals surface area contributed by atoms with Crippen LogP contribution in [0.25, 0.3) is 6.08 Å².